The van der Waals surface area contributed by atoms with Crippen LogP contribution in [0.4, 0.5) is 4.39 Å². The lowest BCUT2D eigenvalue weighted by Crippen LogP contribution is -2.41. The molecule has 0 bridgehead atoms. The summed E-state index contributed by atoms with van der Waals surface area (Å²) in [6, 6.07) is 0. The second-order valence-corrected chi connectivity index (χ2v) is 5.63. The highest BCUT2D eigenvalue weighted by Gasteiger charge is 2.52. The van der Waals surface area contributed by atoms with Crippen molar-refractivity contribution >= 4 is 12.6 Å². The molecule has 5 heteroatoms. The van der Waals surface area contributed by atoms with Crippen molar-refractivity contribution in [2.24, 2.45) is 0 Å². The van der Waals surface area contributed by atoms with Crippen LogP contribution >= 0.6 is 0 Å². The van der Waals surface area contributed by atoms with Gasteiger partial charge in [0.05, 0.1) is 17.4 Å². The normalized spacial score (nSPS) is 21.3. The Balaban J connectivity index is 2.38. The van der Waals surface area contributed by atoms with E-state index in [0.29, 0.717) is 17.4 Å². The van der Waals surface area contributed by atoms with E-state index in [-0.39, 0.29) is 5.82 Å². The summed E-state index contributed by atoms with van der Waals surface area (Å²) in [7, 11) is -0.548. The van der Waals surface area contributed by atoms with Crippen molar-refractivity contribution in [3.05, 3.63) is 23.8 Å². The van der Waals surface area contributed by atoms with Crippen LogP contribution in [0.3, 0.4) is 0 Å². The number of hydrogen-bond acceptors (Lipinski definition) is 3. The summed E-state index contributed by atoms with van der Waals surface area (Å²) in [5, 5.41) is 0. The number of hydrogen-bond donors (Lipinski definition) is 0. The average molecular weight is 251 g/mol. The van der Waals surface area contributed by atoms with Gasteiger partial charge in [-0.3, -0.25) is 4.98 Å². The highest BCUT2D eigenvalue weighted by Crippen LogP contribution is 2.36. The van der Waals surface area contributed by atoms with Gasteiger partial charge in [0, 0.05) is 11.7 Å². The molecule has 3 nitrogen and oxygen atoms in total. The van der Waals surface area contributed by atoms with E-state index in [1.807, 2.05) is 34.6 Å². The van der Waals surface area contributed by atoms with Crippen molar-refractivity contribution in [1.82, 2.24) is 4.98 Å². The molecule has 2 heterocycles. The molecule has 1 aliphatic rings. The van der Waals surface area contributed by atoms with Crippen LogP contribution in [-0.4, -0.2) is 23.3 Å². The number of rotatable bonds is 2. The fourth-order valence-electron chi connectivity index (χ4n) is 2.02. The standard InChI is InChI=1S/C13H19BFNO2/c1-6-9-10(7-16-8-11(9)15)14-17-12(2,3)13(4,5)18-14/h7-8H,6H2,1-5H3. The predicted octanol–water partition coefficient (Wildman–Crippen LogP) is 2.08. The van der Waals surface area contributed by atoms with Crippen molar-refractivity contribution in [1.29, 1.82) is 0 Å². The second kappa shape index (κ2) is 4.32. The van der Waals surface area contributed by atoms with E-state index in [2.05, 4.69) is 4.98 Å². The molecular weight excluding hydrogens is 232 g/mol. The van der Waals surface area contributed by atoms with Crippen LogP contribution in [-0.2, 0) is 15.7 Å². The summed E-state index contributed by atoms with van der Waals surface area (Å²) in [5.74, 6) is -0.301. The van der Waals surface area contributed by atoms with E-state index < -0.39 is 18.3 Å². The number of nitrogens with zero attached hydrogens (tertiary/aromatic N) is 1. The van der Waals surface area contributed by atoms with Gasteiger partial charge in [0.2, 0.25) is 0 Å². The lowest BCUT2D eigenvalue weighted by atomic mass is 9.76. The molecule has 2 rings (SSSR count). The van der Waals surface area contributed by atoms with Crippen molar-refractivity contribution < 1.29 is 13.7 Å². The minimum Gasteiger partial charge on any atom is -0.399 e. The molecule has 0 atom stereocenters. The van der Waals surface area contributed by atoms with Gasteiger partial charge in [-0.25, -0.2) is 4.39 Å². The third kappa shape index (κ3) is 2.06. The molecule has 0 saturated carbocycles. The zero-order valence-corrected chi connectivity index (χ0v) is 11.6. The topological polar surface area (TPSA) is 31.4 Å². The third-order valence-corrected chi connectivity index (χ3v) is 3.90. The molecule has 0 aliphatic carbocycles. The summed E-state index contributed by atoms with van der Waals surface area (Å²) >= 11 is 0. The molecule has 0 unspecified atom stereocenters. The van der Waals surface area contributed by atoms with Crippen LogP contribution in [0.1, 0.15) is 40.2 Å². The Morgan fingerprint density at radius 1 is 1.17 bits per heavy atom. The highest BCUT2D eigenvalue weighted by atomic mass is 19.1. The van der Waals surface area contributed by atoms with E-state index in [0.717, 1.165) is 0 Å². The molecule has 0 aromatic carbocycles. The fraction of sp³-hybridized carbons (Fsp3) is 0.615. The first kappa shape index (κ1) is 13.5. The van der Waals surface area contributed by atoms with Gasteiger partial charge in [-0.05, 0) is 39.7 Å². The summed E-state index contributed by atoms with van der Waals surface area (Å²) in [5.41, 5.74) is 0.462. The molecule has 0 amide bonds. The van der Waals surface area contributed by atoms with Crippen LogP contribution in [0.15, 0.2) is 12.4 Å². The van der Waals surface area contributed by atoms with Gasteiger partial charge < -0.3 is 9.31 Å². The molecular formula is C13H19BFNO2. The van der Waals surface area contributed by atoms with Gasteiger partial charge in [0.15, 0.2) is 0 Å². The molecule has 0 radical (unpaired) electrons. The number of pyridine rings is 1. The van der Waals surface area contributed by atoms with Gasteiger partial charge in [-0.2, -0.15) is 0 Å². The van der Waals surface area contributed by atoms with E-state index in [4.69, 9.17) is 9.31 Å². The van der Waals surface area contributed by atoms with Gasteiger partial charge in [0.25, 0.3) is 0 Å². The maximum absolute atomic E-state index is 13.7. The minimum absolute atomic E-state index is 0.301. The van der Waals surface area contributed by atoms with Gasteiger partial charge >= 0.3 is 7.12 Å². The predicted molar refractivity (Wildman–Crippen MR) is 69.3 cm³/mol. The molecule has 0 N–H and O–H groups in total. The monoisotopic (exact) mass is 251 g/mol. The molecule has 1 fully saturated rings. The van der Waals surface area contributed by atoms with Crippen molar-refractivity contribution in [3.8, 4) is 0 Å². The van der Waals surface area contributed by atoms with Crippen LogP contribution < -0.4 is 5.46 Å². The average Bonchev–Trinajstić information content (AvgIpc) is 2.47. The molecule has 1 aromatic heterocycles. The number of aromatic nitrogens is 1. The Morgan fingerprint density at radius 3 is 2.22 bits per heavy atom. The second-order valence-electron chi connectivity index (χ2n) is 5.63. The Morgan fingerprint density at radius 2 is 1.72 bits per heavy atom. The zero-order chi connectivity index (χ0) is 13.6. The minimum atomic E-state index is -0.548. The van der Waals surface area contributed by atoms with E-state index in [1.165, 1.54) is 6.20 Å². The Kier molecular flexibility index (Phi) is 3.24. The first-order chi connectivity index (χ1) is 8.28. The van der Waals surface area contributed by atoms with Crippen LogP contribution in [0.5, 0.6) is 0 Å². The summed E-state index contributed by atoms with van der Waals surface area (Å²) < 4.78 is 25.6. The molecule has 18 heavy (non-hydrogen) atoms. The molecule has 1 saturated heterocycles. The lowest BCUT2D eigenvalue weighted by molar-refractivity contribution is 0.00578. The van der Waals surface area contributed by atoms with Gasteiger partial charge in [-0.15, -0.1) is 0 Å². The molecule has 1 aromatic rings. The summed E-state index contributed by atoms with van der Waals surface area (Å²) in [6.07, 6.45) is 3.45. The van der Waals surface area contributed by atoms with Gasteiger partial charge in [-0.1, -0.05) is 6.92 Å². The largest absolute Gasteiger partial charge is 0.496 e. The summed E-state index contributed by atoms with van der Waals surface area (Å²) in [6.45, 7) is 9.82. The molecule has 0 spiro atoms. The third-order valence-electron chi connectivity index (χ3n) is 3.90. The molecule has 1 aliphatic heterocycles. The highest BCUT2D eigenvalue weighted by molar-refractivity contribution is 6.62. The lowest BCUT2D eigenvalue weighted by Gasteiger charge is -2.32. The van der Waals surface area contributed by atoms with Crippen molar-refractivity contribution in [2.45, 2.75) is 52.2 Å². The van der Waals surface area contributed by atoms with Crippen LogP contribution in [0, 0.1) is 5.82 Å². The van der Waals surface area contributed by atoms with Gasteiger partial charge in [0.1, 0.15) is 5.82 Å². The Bertz CT molecular complexity index is 446. The SMILES string of the molecule is CCc1c(F)cncc1B1OC(C)(C)C(C)(C)O1. The fourth-order valence-corrected chi connectivity index (χ4v) is 2.02. The van der Waals surface area contributed by atoms with E-state index in [9.17, 15) is 4.39 Å². The quantitative estimate of drug-likeness (QED) is 0.754. The maximum Gasteiger partial charge on any atom is 0.496 e. The summed E-state index contributed by atoms with van der Waals surface area (Å²) in [4.78, 5) is 3.90. The Hall–Kier alpha value is -0.935. The van der Waals surface area contributed by atoms with Crippen LogP contribution in [0.2, 0.25) is 0 Å². The first-order valence-electron chi connectivity index (χ1n) is 6.26. The van der Waals surface area contributed by atoms with Crippen LogP contribution in [0.25, 0.3) is 0 Å². The maximum atomic E-state index is 13.7. The first-order valence-corrected chi connectivity index (χ1v) is 6.26. The Labute approximate surface area is 108 Å². The zero-order valence-electron chi connectivity index (χ0n) is 11.6. The van der Waals surface area contributed by atoms with Crippen molar-refractivity contribution in [3.63, 3.8) is 0 Å². The smallest absolute Gasteiger partial charge is 0.399 e. The number of halogens is 1. The van der Waals surface area contributed by atoms with E-state index in [1.54, 1.807) is 6.20 Å². The van der Waals surface area contributed by atoms with E-state index >= 15 is 0 Å². The van der Waals surface area contributed by atoms with Crippen molar-refractivity contribution in [2.75, 3.05) is 0 Å². The molecule has 98 valence electrons.